The molecule has 1 amide bonds. The number of thiol groups is 1. The molecule has 4 aromatic heterocycles. The number of aromatic amines is 1. The fraction of sp³-hybridized carbons (Fsp3) is 0.520. The summed E-state index contributed by atoms with van der Waals surface area (Å²) < 4.78 is 82.6. The number of carbonyl (C=O) groups excluding carboxylic acids is 1. The Hall–Kier alpha value is -3.29. The molecule has 0 saturated carbocycles. The first-order chi connectivity index (χ1) is 23.7. The van der Waals surface area contributed by atoms with Crippen molar-refractivity contribution < 1.29 is 45.5 Å². The zero-order valence-electron chi connectivity index (χ0n) is 26.0. The number of amides is 1. The zero-order chi connectivity index (χ0) is 35.8. The number of anilines is 1. The summed E-state index contributed by atoms with van der Waals surface area (Å²) in [6, 6.07) is 1.89. The van der Waals surface area contributed by atoms with Crippen molar-refractivity contribution in [2.45, 2.75) is 57.8 Å². The van der Waals surface area contributed by atoms with E-state index in [-0.39, 0.29) is 49.1 Å². The van der Waals surface area contributed by atoms with E-state index >= 15 is 8.78 Å². The Labute approximate surface area is 290 Å². The van der Waals surface area contributed by atoms with E-state index in [1.165, 1.54) is 12.5 Å². The summed E-state index contributed by atoms with van der Waals surface area (Å²) in [4.78, 5) is 48.3. The number of ether oxygens (including phenoxy) is 1. The van der Waals surface area contributed by atoms with Crippen LogP contribution in [0.25, 0.3) is 22.3 Å². The third kappa shape index (κ3) is 7.50. The summed E-state index contributed by atoms with van der Waals surface area (Å²) in [5, 5.41) is 11.4. The van der Waals surface area contributed by atoms with Gasteiger partial charge in [-0.05, 0) is 11.8 Å². The van der Waals surface area contributed by atoms with Crippen molar-refractivity contribution >= 4 is 71.8 Å². The van der Waals surface area contributed by atoms with Gasteiger partial charge in [-0.1, -0.05) is 26.1 Å². The molecule has 25 heteroatoms. The van der Waals surface area contributed by atoms with Gasteiger partial charge >= 0.3 is 19.4 Å². The predicted octanol–water partition coefficient (Wildman–Crippen LogP) is 3.23. The molecule has 1 saturated heterocycles. The molecule has 0 aromatic carbocycles. The molecule has 1 fully saturated rings. The largest absolute Gasteiger partial charge is 0.387 e. The molecule has 2 unspecified atom stereocenters. The highest BCUT2D eigenvalue weighted by Crippen LogP contribution is 2.60. The molecule has 4 aromatic rings. The number of carbonyl (C=O) groups is 1. The lowest BCUT2D eigenvalue weighted by Gasteiger charge is -2.27. The highest BCUT2D eigenvalue weighted by molar-refractivity contribution is 8.44. The minimum absolute atomic E-state index is 0.0352. The van der Waals surface area contributed by atoms with Crippen LogP contribution in [0.2, 0.25) is 0 Å². The van der Waals surface area contributed by atoms with Crippen LogP contribution in [0.4, 0.5) is 14.7 Å². The first-order valence-corrected chi connectivity index (χ1v) is 20.0. The number of imidazole rings is 2. The lowest BCUT2D eigenvalue weighted by molar-refractivity contribution is -0.119. The summed E-state index contributed by atoms with van der Waals surface area (Å²) in [7, 11) is 0. The van der Waals surface area contributed by atoms with Gasteiger partial charge in [-0.3, -0.25) is 33.5 Å². The number of hydrogen-bond acceptors (Lipinski definition) is 16. The Kier molecular flexibility index (Phi) is 10.5. The monoisotopic (exact) mass is 776 g/mol. The number of H-pyrrole nitrogens is 1. The maximum absolute atomic E-state index is 16.3. The third-order valence-corrected chi connectivity index (χ3v) is 11.3. The molecule has 0 aliphatic carbocycles. The van der Waals surface area contributed by atoms with E-state index in [1.807, 2.05) is 6.07 Å². The summed E-state index contributed by atoms with van der Waals surface area (Å²) in [5.74, 6) is -5.13. The van der Waals surface area contributed by atoms with Crippen LogP contribution >= 0.6 is 25.8 Å². The van der Waals surface area contributed by atoms with Gasteiger partial charge in [0.25, 0.3) is 5.56 Å². The van der Waals surface area contributed by atoms with E-state index in [0.29, 0.717) is 11.2 Å². The van der Waals surface area contributed by atoms with Crippen LogP contribution in [0.3, 0.4) is 0 Å². The number of nitrogens with zero attached hydrogens (tertiary/aromatic N) is 8. The van der Waals surface area contributed by atoms with Crippen LogP contribution in [0.15, 0.2) is 23.6 Å². The van der Waals surface area contributed by atoms with Crippen LogP contribution in [0, 0.1) is 17.2 Å². The molecular formula is C25H28F2N10O9P2S2. The number of nitrogens with one attached hydrogen (secondary N) is 2. The maximum Gasteiger partial charge on any atom is 0.387 e. The standard InChI is InChI=1S/C25H28F2N10O9P2S2/c1-13(2)21(38)34-24-33-20-17(22(39)35-24)31-12-37(20)23-18-25(26,27)15(45-23)9-44-48(50,41-6-3-4-28)42-7-5-36-16(10-43-47(40,49)46-18)32-14-8-29-11-30-19(14)36/h8,11-13,15,18,23H,3,5-7,9-10H2,1-2H3,(H,40,49)(H2,33,34,35,38,39)/t15-,18+,23-,47?,48?/m1/s1. The van der Waals surface area contributed by atoms with Gasteiger partial charge < -0.3 is 22.9 Å². The summed E-state index contributed by atoms with van der Waals surface area (Å²) in [6.45, 7) is -7.09. The van der Waals surface area contributed by atoms with E-state index in [1.54, 1.807) is 18.4 Å². The molecule has 2 bridgehead atoms. The number of alkyl halides is 2. The second-order valence-electron chi connectivity index (χ2n) is 11.1. The van der Waals surface area contributed by atoms with Crippen molar-refractivity contribution in [3.8, 4) is 6.07 Å². The number of halogens is 2. The summed E-state index contributed by atoms with van der Waals surface area (Å²) >= 11 is 9.50. The average molecular weight is 777 g/mol. The van der Waals surface area contributed by atoms with Gasteiger partial charge in [0.05, 0.1) is 44.8 Å². The highest BCUT2D eigenvalue weighted by atomic mass is 32.7. The minimum atomic E-state index is -4.67. The van der Waals surface area contributed by atoms with Gasteiger partial charge in [0.2, 0.25) is 11.9 Å². The van der Waals surface area contributed by atoms with E-state index in [4.69, 9.17) is 44.4 Å². The molecule has 0 radical (unpaired) electrons. The normalized spacial score (nSPS) is 27.4. The van der Waals surface area contributed by atoms with Crippen LogP contribution < -0.4 is 10.9 Å². The van der Waals surface area contributed by atoms with Crippen molar-refractivity contribution in [1.82, 2.24) is 39.0 Å². The number of fused-ring (bicyclic) bond motifs is 6. The summed E-state index contributed by atoms with van der Waals surface area (Å²) in [5.41, 5.74) is -0.690. The molecule has 6 rings (SSSR count). The predicted molar refractivity (Wildman–Crippen MR) is 174 cm³/mol. The fourth-order valence-electron chi connectivity index (χ4n) is 4.92. The van der Waals surface area contributed by atoms with E-state index in [0.717, 1.165) is 10.9 Å². The molecule has 50 heavy (non-hydrogen) atoms. The van der Waals surface area contributed by atoms with Crippen LogP contribution in [-0.4, -0.2) is 82.9 Å². The summed E-state index contributed by atoms with van der Waals surface area (Å²) in [6.07, 6.45) is -2.83. The molecule has 6 heterocycles. The third-order valence-electron chi connectivity index (χ3n) is 7.35. The van der Waals surface area contributed by atoms with Crippen LogP contribution in [0.1, 0.15) is 32.3 Å². The molecule has 5 atom stereocenters. The molecule has 19 nitrogen and oxygen atoms in total. The first kappa shape index (κ1) is 36.5. The highest BCUT2D eigenvalue weighted by Gasteiger charge is 2.63. The Morgan fingerprint density at radius 3 is 2.86 bits per heavy atom. The second-order valence-corrected chi connectivity index (χ2v) is 17.0. The lowest BCUT2D eigenvalue weighted by Crippen LogP contribution is -2.42. The SMILES string of the molecule is CC(C)C(=O)Nc1nc2c(ncn2[C@@H]2O[C@@H]3COP(=S)(OCCC#N)OCCn4c(nc5cncnc54)COP(=O)(S)O[C@@H]2C3(F)F)c(=O)[nH]1. The number of rotatable bonds is 6. The molecular weight excluding hydrogens is 748 g/mol. The van der Waals surface area contributed by atoms with Crippen molar-refractivity contribution in [2.75, 3.05) is 25.1 Å². The van der Waals surface area contributed by atoms with Gasteiger partial charge in [0.15, 0.2) is 35.2 Å². The minimum Gasteiger partial charge on any atom is -0.343 e. The van der Waals surface area contributed by atoms with Gasteiger partial charge in [0, 0.05) is 12.5 Å². The topological polar surface area (TPSA) is 233 Å². The first-order valence-electron chi connectivity index (χ1n) is 14.7. The number of nitriles is 1. The van der Waals surface area contributed by atoms with Gasteiger partial charge in [-0.2, -0.15) is 10.2 Å². The Bertz CT molecular complexity index is 2130. The fourth-order valence-corrected chi connectivity index (χ4v) is 8.06. The Morgan fingerprint density at radius 1 is 1.30 bits per heavy atom. The molecule has 0 spiro atoms. The Balaban J connectivity index is 1.41. The van der Waals surface area contributed by atoms with E-state index < -0.39 is 68.5 Å². The zero-order valence-corrected chi connectivity index (χ0v) is 29.5. The molecule has 2 aliphatic heterocycles. The molecule has 2 N–H and O–H groups in total. The quantitative estimate of drug-likeness (QED) is 0.145. The van der Waals surface area contributed by atoms with Crippen LogP contribution in [0.5, 0.6) is 0 Å². The van der Waals surface area contributed by atoms with E-state index in [9.17, 15) is 14.2 Å². The molecule has 268 valence electrons. The van der Waals surface area contributed by atoms with Gasteiger partial charge in [-0.15, -0.1) is 0 Å². The smallest absolute Gasteiger partial charge is 0.343 e. The lowest BCUT2D eigenvalue weighted by atomic mass is 10.1. The van der Waals surface area contributed by atoms with Crippen molar-refractivity contribution in [2.24, 2.45) is 5.92 Å². The van der Waals surface area contributed by atoms with Gasteiger partial charge in [-0.25, -0.2) is 33.3 Å². The van der Waals surface area contributed by atoms with Crippen molar-refractivity contribution in [1.29, 1.82) is 5.26 Å². The van der Waals surface area contributed by atoms with Crippen LogP contribution in [-0.2, 0) is 61.7 Å². The van der Waals surface area contributed by atoms with E-state index in [2.05, 4.69) is 47.5 Å². The molecule has 2 aliphatic rings. The average Bonchev–Trinajstić information content (AvgIpc) is 3.71. The van der Waals surface area contributed by atoms with Crippen molar-refractivity contribution in [3.63, 3.8) is 0 Å². The second kappa shape index (κ2) is 14.4. The van der Waals surface area contributed by atoms with Crippen molar-refractivity contribution in [3.05, 3.63) is 35.0 Å². The number of hydrogen-bond donors (Lipinski definition) is 3. The number of aromatic nitrogens is 8. The Morgan fingerprint density at radius 2 is 2.10 bits per heavy atom. The maximum atomic E-state index is 16.3. The van der Waals surface area contributed by atoms with Gasteiger partial charge in [0.1, 0.15) is 24.3 Å².